The smallest absolute Gasteiger partial charge is 0.112 e. The van der Waals surface area contributed by atoms with E-state index in [0.29, 0.717) is 0 Å². The molecule has 0 atom stereocenters. The number of quaternary nitrogens is 1. The molecule has 1 nitrogen and oxygen atoms in total. The van der Waals surface area contributed by atoms with E-state index in [4.69, 9.17) is 0 Å². The number of unbranched alkanes of at least 4 members (excludes halogenated alkanes) is 1. The number of hydrogen-bond donors (Lipinski definition) is 1. The zero-order valence-corrected chi connectivity index (χ0v) is 16.8. The highest BCUT2D eigenvalue weighted by Gasteiger charge is 2.44. The minimum Gasteiger partial charge on any atom is -0.340 e. The van der Waals surface area contributed by atoms with Crippen LogP contribution in [0.5, 0.6) is 0 Å². The van der Waals surface area contributed by atoms with Crippen molar-refractivity contribution in [2.75, 3.05) is 26.8 Å². The summed E-state index contributed by atoms with van der Waals surface area (Å²) < 4.78 is 0. The van der Waals surface area contributed by atoms with Crippen LogP contribution < -0.4 is 20.8 Å². The van der Waals surface area contributed by atoms with E-state index in [9.17, 15) is 0 Å². The molecular weight excluding hydrogens is 333 g/mol. The van der Waals surface area contributed by atoms with Crippen LogP contribution in [0.25, 0.3) is 0 Å². The van der Waals surface area contributed by atoms with Gasteiger partial charge in [0.15, 0.2) is 0 Å². The summed E-state index contributed by atoms with van der Waals surface area (Å²) in [5, 5.41) is 4.49. The van der Waals surface area contributed by atoms with Gasteiger partial charge < -0.3 is 4.90 Å². The van der Waals surface area contributed by atoms with Gasteiger partial charge in [0.25, 0.3) is 0 Å². The lowest BCUT2D eigenvalue weighted by Crippen LogP contribution is -3.05. The largest absolute Gasteiger partial charge is 0.340 e. The quantitative estimate of drug-likeness (QED) is 0.464. The van der Waals surface area contributed by atoms with E-state index in [-0.39, 0.29) is 0 Å². The summed E-state index contributed by atoms with van der Waals surface area (Å²) in [6, 6.07) is 33.6. The predicted octanol–water partition coefficient (Wildman–Crippen LogP) is 2.91. The van der Waals surface area contributed by atoms with Gasteiger partial charge in [-0.2, -0.15) is 0 Å². The molecule has 0 aliphatic heterocycles. The molecular formula is C24H30NP+2. The minimum absolute atomic E-state index is 1.23. The lowest BCUT2D eigenvalue weighted by molar-refractivity contribution is -0.858. The lowest BCUT2D eigenvalue weighted by Gasteiger charge is -2.27. The van der Waals surface area contributed by atoms with Gasteiger partial charge in [-0.3, -0.25) is 0 Å². The first-order chi connectivity index (χ1) is 12.7. The molecule has 3 aromatic rings. The number of benzene rings is 3. The fraction of sp³-hybridized carbons (Fsp3) is 0.250. The number of hydrogen-bond acceptors (Lipinski definition) is 0. The lowest BCUT2D eigenvalue weighted by atomic mass is 10.3. The number of nitrogens with one attached hydrogen (secondary N) is 1. The standard InChI is InChI=1S/C24H29NP/c1-25(2)20-12-13-21-26(22-14-6-3-7-15-22,23-16-8-4-9-17-23)24-18-10-5-11-19-24/h3-11,14-19H,12-13,20-21H2,1-2H3/q+1/p+1. The SMILES string of the molecule is C[NH+](C)CCCC[P+](c1ccccc1)(c1ccccc1)c1ccccc1. The zero-order valence-electron chi connectivity index (χ0n) is 15.9. The van der Waals surface area contributed by atoms with Gasteiger partial charge in [0.05, 0.1) is 26.8 Å². The van der Waals surface area contributed by atoms with Gasteiger partial charge in [-0.15, -0.1) is 0 Å². The fourth-order valence-electron chi connectivity index (χ4n) is 3.71. The van der Waals surface area contributed by atoms with Crippen molar-refractivity contribution >= 4 is 23.2 Å². The molecule has 3 rings (SSSR count). The van der Waals surface area contributed by atoms with Gasteiger partial charge in [0.1, 0.15) is 23.2 Å². The van der Waals surface area contributed by atoms with Crippen molar-refractivity contribution in [3.05, 3.63) is 91.0 Å². The van der Waals surface area contributed by atoms with Crippen molar-refractivity contribution < 1.29 is 4.90 Å². The normalized spacial score (nSPS) is 11.7. The van der Waals surface area contributed by atoms with Crippen LogP contribution >= 0.6 is 7.26 Å². The molecule has 26 heavy (non-hydrogen) atoms. The van der Waals surface area contributed by atoms with Crippen LogP contribution in [0.15, 0.2) is 91.0 Å². The molecule has 0 saturated heterocycles. The molecule has 0 aliphatic carbocycles. The third-order valence-electron chi connectivity index (χ3n) is 5.01. The second kappa shape index (κ2) is 9.12. The summed E-state index contributed by atoms with van der Waals surface area (Å²) in [4.78, 5) is 1.54. The van der Waals surface area contributed by atoms with Gasteiger partial charge in [-0.05, 0) is 49.2 Å². The van der Waals surface area contributed by atoms with Gasteiger partial charge in [-0.25, -0.2) is 0 Å². The van der Waals surface area contributed by atoms with Crippen LogP contribution in [0.2, 0.25) is 0 Å². The third kappa shape index (κ3) is 4.23. The van der Waals surface area contributed by atoms with E-state index in [1.165, 1.54) is 46.4 Å². The Morgan fingerprint density at radius 1 is 0.577 bits per heavy atom. The summed E-state index contributed by atoms with van der Waals surface area (Å²) in [6.07, 6.45) is 3.77. The fourth-order valence-corrected chi connectivity index (χ4v) is 8.12. The van der Waals surface area contributed by atoms with Gasteiger partial charge in [-0.1, -0.05) is 54.6 Å². The molecule has 134 valence electrons. The van der Waals surface area contributed by atoms with Crippen molar-refractivity contribution in [2.24, 2.45) is 0 Å². The Morgan fingerprint density at radius 2 is 0.962 bits per heavy atom. The molecule has 0 heterocycles. The molecule has 3 aromatic carbocycles. The van der Waals surface area contributed by atoms with E-state index in [1.54, 1.807) is 0 Å². The van der Waals surface area contributed by atoms with Crippen molar-refractivity contribution in [1.29, 1.82) is 0 Å². The molecule has 0 aliphatic rings. The molecule has 2 heteroatoms. The van der Waals surface area contributed by atoms with Gasteiger partial charge >= 0.3 is 0 Å². The Hall–Kier alpha value is -1.95. The van der Waals surface area contributed by atoms with Crippen molar-refractivity contribution in [3.63, 3.8) is 0 Å². The predicted molar refractivity (Wildman–Crippen MR) is 117 cm³/mol. The highest BCUT2D eigenvalue weighted by atomic mass is 31.2. The molecule has 1 N–H and O–H groups in total. The average Bonchev–Trinajstić information content (AvgIpc) is 2.70. The minimum atomic E-state index is -1.62. The topological polar surface area (TPSA) is 4.44 Å². The van der Waals surface area contributed by atoms with Crippen LogP contribution in [-0.4, -0.2) is 26.8 Å². The van der Waals surface area contributed by atoms with Crippen LogP contribution in [0, 0.1) is 0 Å². The molecule has 0 spiro atoms. The van der Waals surface area contributed by atoms with E-state index >= 15 is 0 Å². The summed E-state index contributed by atoms with van der Waals surface area (Å²) in [6.45, 7) is 1.23. The Kier molecular flexibility index (Phi) is 6.61. The molecule has 0 amide bonds. The van der Waals surface area contributed by atoms with Crippen LogP contribution in [0.4, 0.5) is 0 Å². The zero-order chi connectivity index (χ0) is 18.2. The third-order valence-corrected chi connectivity index (χ3v) is 9.54. The Morgan fingerprint density at radius 3 is 1.31 bits per heavy atom. The monoisotopic (exact) mass is 363 g/mol. The van der Waals surface area contributed by atoms with Crippen LogP contribution in [0.3, 0.4) is 0 Å². The first kappa shape index (κ1) is 18.8. The van der Waals surface area contributed by atoms with Gasteiger partial charge in [0, 0.05) is 0 Å². The molecule has 0 aromatic heterocycles. The Balaban J connectivity index is 2.09. The van der Waals surface area contributed by atoms with E-state index in [1.807, 2.05) is 0 Å². The highest BCUT2D eigenvalue weighted by Crippen LogP contribution is 2.55. The maximum atomic E-state index is 2.34. The van der Waals surface area contributed by atoms with E-state index < -0.39 is 7.26 Å². The molecule has 0 unspecified atom stereocenters. The van der Waals surface area contributed by atoms with Gasteiger partial charge in [0.2, 0.25) is 0 Å². The summed E-state index contributed by atoms with van der Waals surface area (Å²) >= 11 is 0. The molecule has 0 radical (unpaired) electrons. The molecule has 0 fully saturated rings. The van der Waals surface area contributed by atoms with Crippen molar-refractivity contribution in [2.45, 2.75) is 12.8 Å². The van der Waals surface area contributed by atoms with Crippen LogP contribution in [0.1, 0.15) is 12.8 Å². The van der Waals surface area contributed by atoms with E-state index in [2.05, 4.69) is 105 Å². The Bertz CT molecular complexity index is 672. The summed E-state index contributed by atoms with van der Waals surface area (Å²) in [7, 11) is 2.87. The summed E-state index contributed by atoms with van der Waals surface area (Å²) in [5.41, 5.74) is 0. The average molecular weight is 363 g/mol. The second-order valence-electron chi connectivity index (χ2n) is 7.20. The molecule has 0 bridgehead atoms. The second-order valence-corrected chi connectivity index (χ2v) is 10.8. The first-order valence-electron chi connectivity index (χ1n) is 9.57. The Labute approximate surface area is 159 Å². The molecule has 0 saturated carbocycles. The maximum Gasteiger partial charge on any atom is 0.112 e. The van der Waals surface area contributed by atoms with E-state index in [0.717, 1.165) is 0 Å². The first-order valence-corrected chi connectivity index (χ1v) is 11.5. The van der Waals surface area contributed by atoms with Crippen LogP contribution in [-0.2, 0) is 0 Å². The maximum absolute atomic E-state index is 2.34. The van der Waals surface area contributed by atoms with Crippen molar-refractivity contribution in [1.82, 2.24) is 0 Å². The van der Waals surface area contributed by atoms with Crippen molar-refractivity contribution in [3.8, 4) is 0 Å². The highest BCUT2D eigenvalue weighted by molar-refractivity contribution is 7.95. The summed E-state index contributed by atoms with van der Waals surface area (Å²) in [5.74, 6) is 0. The number of rotatable bonds is 8.